The van der Waals surface area contributed by atoms with Crippen LogP contribution < -0.4 is 15.0 Å². The Kier molecular flexibility index (Phi) is 7.19. The van der Waals surface area contributed by atoms with Gasteiger partial charge in [-0.25, -0.2) is 9.55 Å². The van der Waals surface area contributed by atoms with E-state index in [2.05, 4.69) is 71.9 Å². The van der Waals surface area contributed by atoms with Crippen molar-refractivity contribution in [2.24, 2.45) is 0 Å². The van der Waals surface area contributed by atoms with Crippen LogP contribution >= 0.6 is 31.9 Å². The summed E-state index contributed by atoms with van der Waals surface area (Å²) in [6, 6.07) is 12.0. The number of hydrogen-bond donors (Lipinski definition) is 2. The van der Waals surface area contributed by atoms with Crippen LogP contribution in [0.4, 0.5) is 5.95 Å². The van der Waals surface area contributed by atoms with Crippen molar-refractivity contribution >= 4 is 48.8 Å². The highest BCUT2D eigenvalue weighted by Crippen LogP contribution is 2.30. The summed E-state index contributed by atoms with van der Waals surface area (Å²) in [6.45, 7) is 3.67. The van der Waals surface area contributed by atoms with Gasteiger partial charge in [-0.2, -0.15) is 0 Å². The molecule has 144 valence electrons. The Hall–Kier alpha value is -1.53. The predicted molar refractivity (Wildman–Crippen MR) is 116 cm³/mol. The van der Waals surface area contributed by atoms with Crippen LogP contribution in [-0.2, 0) is 13.1 Å². The average Bonchev–Trinajstić information content (AvgIpc) is 3.01. The number of nitrogens with one attached hydrogen (secondary N) is 2. The van der Waals surface area contributed by atoms with Gasteiger partial charge in [0.25, 0.3) is 0 Å². The van der Waals surface area contributed by atoms with Crippen molar-refractivity contribution in [3.05, 3.63) is 50.9 Å². The summed E-state index contributed by atoms with van der Waals surface area (Å²) in [4.78, 5) is 3.46. The second-order valence-corrected chi connectivity index (χ2v) is 8.56. The van der Waals surface area contributed by atoms with Crippen molar-refractivity contribution < 1.29 is 9.67 Å². The zero-order valence-corrected chi connectivity index (χ0v) is 18.7. The Morgan fingerprint density at radius 1 is 1.07 bits per heavy atom. The van der Waals surface area contributed by atoms with E-state index in [9.17, 15) is 5.11 Å². The average molecular weight is 495 g/mol. The molecule has 0 atom stereocenters. The van der Waals surface area contributed by atoms with Gasteiger partial charge in [0, 0.05) is 8.95 Å². The van der Waals surface area contributed by atoms with E-state index < -0.39 is 0 Å². The number of hydrogen-bond acceptors (Lipinski definition) is 2. The molecule has 0 amide bonds. The SMILES string of the molecule is CCCCCCC[n+]1c(NCc2cc(Br)cc(Br)c2[O-])[nH]c2ccccc21. The molecule has 4 nitrogen and oxygen atoms in total. The normalized spacial score (nSPS) is 11.2. The lowest BCUT2D eigenvalue weighted by molar-refractivity contribution is -0.657. The summed E-state index contributed by atoms with van der Waals surface area (Å²) >= 11 is 6.80. The lowest BCUT2D eigenvalue weighted by Crippen LogP contribution is -2.36. The van der Waals surface area contributed by atoms with Crippen molar-refractivity contribution in [2.75, 3.05) is 5.32 Å². The third-order valence-electron chi connectivity index (χ3n) is 4.73. The zero-order valence-electron chi connectivity index (χ0n) is 15.5. The molecule has 3 rings (SSSR count). The van der Waals surface area contributed by atoms with E-state index in [0.29, 0.717) is 11.0 Å². The minimum absolute atomic E-state index is 0.0212. The topological polar surface area (TPSA) is 54.8 Å². The summed E-state index contributed by atoms with van der Waals surface area (Å²) < 4.78 is 3.76. The number of H-pyrrole nitrogens is 1. The van der Waals surface area contributed by atoms with E-state index in [1.54, 1.807) is 6.07 Å². The van der Waals surface area contributed by atoms with E-state index in [1.807, 2.05) is 12.1 Å². The minimum atomic E-state index is 0.0212. The van der Waals surface area contributed by atoms with Gasteiger partial charge in [0.2, 0.25) is 0 Å². The van der Waals surface area contributed by atoms with E-state index in [4.69, 9.17) is 0 Å². The monoisotopic (exact) mass is 493 g/mol. The molecule has 6 heteroatoms. The summed E-state index contributed by atoms with van der Waals surface area (Å²) in [6.07, 6.45) is 6.23. The molecular formula is C21H25Br2N3O. The molecule has 2 N–H and O–H groups in total. The first-order valence-corrected chi connectivity index (χ1v) is 11.1. The lowest BCUT2D eigenvalue weighted by atomic mass is 10.1. The number of para-hydroxylation sites is 2. The van der Waals surface area contributed by atoms with Crippen LogP contribution in [0.3, 0.4) is 0 Å². The second-order valence-electron chi connectivity index (χ2n) is 6.79. The molecule has 0 bridgehead atoms. The van der Waals surface area contributed by atoms with Crippen LogP contribution in [0, 0.1) is 0 Å². The number of rotatable bonds is 9. The maximum absolute atomic E-state index is 12.3. The molecule has 0 unspecified atom stereocenters. The number of anilines is 1. The number of benzene rings is 2. The van der Waals surface area contributed by atoms with Crippen LogP contribution in [0.5, 0.6) is 5.75 Å². The highest BCUT2D eigenvalue weighted by molar-refractivity contribution is 9.11. The first kappa shape index (κ1) is 20.2. The molecular weight excluding hydrogens is 470 g/mol. The standard InChI is InChI=1S/C21H25Br2N3O/c1-2-3-4-5-8-11-26-19-10-7-6-9-18(19)25-21(26)24-14-15-12-16(22)13-17(23)20(15)27/h6-7,9-10,12-13H,2-5,8,11,14H2,1H3,(H2,24,25,27). The number of unbranched alkanes of at least 4 members (excludes halogenated alkanes) is 4. The fourth-order valence-electron chi connectivity index (χ4n) is 3.30. The van der Waals surface area contributed by atoms with Crippen molar-refractivity contribution in [1.82, 2.24) is 4.98 Å². The fourth-order valence-corrected chi connectivity index (χ4v) is 4.61. The van der Waals surface area contributed by atoms with Gasteiger partial charge in [-0.1, -0.05) is 82.3 Å². The Labute approximate surface area is 177 Å². The van der Waals surface area contributed by atoms with E-state index in [0.717, 1.165) is 34.5 Å². The zero-order chi connectivity index (χ0) is 19.2. The number of aromatic nitrogens is 2. The molecule has 0 radical (unpaired) electrons. The smallest absolute Gasteiger partial charge is 0.356 e. The molecule has 3 aromatic rings. The number of nitrogens with zero attached hydrogens (tertiary/aromatic N) is 1. The summed E-state index contributed by atoms with van der Waals surface area (Å²) in [5, 5.41) is 15.8. The molecule has 0 saturated heterocycles. The third kappa shape index (κ3) is 5.05. The van der Waals surface area contributed by atoms with E-state index in [-0.39, 0.29) is 5.75 Å². The molecule has 0 aliphatic carbocycles. The predicted octanol–water partition coefficient (Wildman–Crippen LogP) is 5.64. The number of aryl methyl sites for hydroxylation is 1. The molecule has 1 heterocycles. The molecule has 2 aromatic carbocycles. The van der Waals surface area contributed by atoms with E-state index >= 15 is 0 Å². The maximum Gasteiger partial charge on any atom is 0.356 e. The van der Waals surface area contributed by atoms with Gasteiger partial charge in [0.1, 0.15) is 11.0 Å². The maximum atomic E-state index is 12.3. The van der Waals surface area contributed by atoms with Crippen LogP contribution in [0.15, 0.2) is 45.3 Å². The molecule has 27 heavy (non-hydrogen) atoms. The highest BCUT2D eigenvalue weighted by atomic mass is 79.9. The summed E-state index contributed by atoms with van der Waals surface area (Å²) in [7, 11) is 0. The van der Waals surface area contributed by atoms with Gasteiger partial charge in [-0.05, 0) is 36.2 Å². The molecule has 0 fully saturated rings. The van der Waals surface area contributed by atoms with Gasteiger partial charge >= 0.3 is 5.95 Å². The lowest BCUT2D eigenvalue weighted by Gasteiger charge is -2.15. The Bertz CT molecular complexity index is 908. The van der Waals surface area contributed by atoms with Crippen molar-refractivity contribution in [2.45, 2.75) is 52.1 Å². The number of imidazole rings is 1. The molecule has 0 aliphatic rings. The van der Waals surface area contributed by atoms with Crippen molar-refractivity contribution in [3.63, 3.8) is 0 Å². The van der Waals surface area contributed by atoms with Crippen LogP contribution in [0.25, 0.3) is 11.0 Å². The van der Waals surface area contributed by atoms with Gasteiger partial charge in [0.15, 0.2) is 0 Å². The number of aromatic amines is 1. The third-order valence-corrected chi connectivity index (χ3v) is 5.78. The largest absolute Gasteiger partial charge is 0.871 e. The Morgan fingerprint density at radius 3 is 2.67 bits per heavy atom. The minimum Gasteiger partial charge on any atom is -0.871 e. The second kappa shape index (κ2) is 9.60. The van der Waals surface area contributed by atoms with Gasteiger partial charge in [-0.3, -0.25) is 5.32 Å². The van der Waals surface area contributed by atoms with Gasteiger partial charge in [-0.15, -0.1) is 0 Å². The highest BCUT2D eigenvalue weighted by Gasteiger charge is 2.16. The first-order valence-electron chi connectivity index (χ1n) is 9.49. The molecule has 0 aliphatic heterocycles. The van der Waals surface area contributed by atoms with Crippen molar-refractivity contribution in [3.8, 4) is 5.75 Å². The molecule has 0 saturated carbocycles. The number of halogens is 2. The quantitative estimate of drug-likeness (QED) is 0.299. The Morgan fingerprint density at radius 2 is 1.85 bits per heavy atom. The number of fused-ring (bicyclic) bond motifs is 1. The van der Waals surface area contributed by atoms with Crippen molar-refractivity contribution in [1.29, 1.82) is 0 Å². The van der Waals surface area contributed by atoms with Crippen LogP contribution in [0.2, 0.25) is 0 Å². The fraction of sp³-hybridized carbons (Fsp3) is 0.381. The van der Waals surface area contributed by atoms with E-state index in [1.165, 1.54) is 31.2 Å². The molecule has 1 aromatic heterocycles. The first-order chi connectivity index (χ1) is 13.1. The van der Waals surface area contributed by atoms with Crippen LogP contribution in [-0.4, -0.2) is 4.98 Å². The summed E-state index contributed by atoms with van der Waals surface area (Å²) in [5.41, 5.74) is 3.02. The van der Waals surface area contributed by atoms with Gasteiger partial charge < -0.3 is 5.11 Å². The van der Waals surface area contributed by atoms with Crippen LogP contribution in [0.1, 0.15) is 44.6 Å². The van der Waals surface area contributed by atoms with Gasteiger partial charge in [0.05, 0.1) is 13.1 Å². The summed E-state index contributed by atoms with van der Waals surface area (Å²) in [5.74, 6) is 0.968. The Balaban J connectivity index is 1.78. The molecule has 0 spiro atoms.